The van der Waals surface area contributed by atoms with Gasteiger partial charge in [0.15, 0.2) is 12.3 Å². The fourth-order valence-electron chi connectivity index (χ4n) is 4.62. The van der Waals surface area contributed by atoms with E-state index in [1.54, 1.807) is 9.80 Å². The zero-order valence-corrected chi connectivity index (χ0v) is 22.1. The van der Waals surface area contributed by atoms with Crippen molar-refractivity contribution in [1.82, 2.24) is 9.88 Å². The van der Waals surface area contributed by atoms with Crippen molar-refractivity contribution >= 4 is 34.8 Å². The Morgan fingerprint density at radius 1 is 1.11 bits per heavy atom. The largest absolute Gasteiger partial charge is 0.482 e. The molecule has 0 radical (unpaired) electrons. The van der Waals surface area contributed by atoms with Crippen molar-refractivity contribution in [2.45, 2.75) is 39.2 Å². The molecule has 2 aromatic carbocycles. The van der Waals surface area contributed by atoms with E-state index >= 15 is 0 Å². The molecule has 0 unspecified atom stereocenters. The maximum absolute atomic E-state index is 13.1. The molecule has 0 saturated carbocycles. The van der Waals surface area contributed by atoms with E-state index in [4.69, 9.17) is 20.8 Å². The Bertz CT molecular complexity index is 1310. The van der Waals surface area contributed by atoms with Crippen LogP contribution in [0.5, 0.6) is 5.75 Å². The lowest BCUT2D eigenvalue weighted by Gasteiger charge is -2.35. The number of benzene rings is 2. The molecule has 1 saturated heterocycles. The molecule has 0 N–H and O–H groups in total. The van der Waals surface area contributed by atoms with Gasteiger partial charge in [-0.05, 0) is 47.7 Å². The molecule has 9 heteroatoms. The average Bonchev–Trinajstić information content (AvgIpc) is 3.38. The summed E-state index contributed by atoms with van der Waals surface area (Å²) in [4.78, 5) is 36.0. The molecule has 2 aliphatic heterocycles. The molecular formula is C28H31ClN4O4. The maximum Gasteiger partial charge on any atom is 0.275 e. The Labute approximate surface area is 221 Å². The van der Waals surface area contributed by atoms with Gasteiger partial charge in [0.1, 0.15) is 18.6 Å². The molecule has 3 aromatic rings. The highest BCUT2D eigenvalue weighted by Crippen LogP contribution is 2.38. The second-order valence-electron chi connectivity index (χ2n) is 10.1. The van der Waals surface area contributed by atoms with E-state index in [0.29, 0.717) is 48.5 Å². The number of piperazine rings is 1. The summed E-state index contributed by atoms with van der Waals surface area (Å²) in [5, 5.41) is 0.692. The number of carbonyl (C=O) groups excluding carboxylic acids is 2. The van der Waals surface area contributed by atoms with Crippen LogP contribution in [0.3, 0.4) is 0 Å². The number of amides is 2. The van der Waals surface area contributed by atoms with E-state index in [0.717, 1.165) is 17.7 Å². The molecule has 8 nitrogen and oxygen atoms in total. The van der Waals surface area contributed by atoms with Crippen molar-refractivity contribution in [3.05, 3.63) is 70.9 Å². The van der Waals surface area contributed by atoms with Crippen LogP contribution < -0.4 is 14.5 Å². The molecule has 0 spiro atoms. The summed E-state index contributed by atoms with van der Waals surface area (Å²) in [6.45, 7) is 9.10. The van der Waals surface area contributed by atoms with Crippen LogP contribution in [0.15, 0.2) is 53.1 Å². The predicted octanol–water partition coefficient (Wildman–Crippen LogP) is 4.90. The lowest BCUT2D eigenvalue weighted by Crippen LogP contribution is -2.48. The Morgan fingerprint density at radius 2 is 1.89 bits per heavy atom. The third kappa shape index (κ3) is 5.16. The standard InChI is InChI=1S/C28H31ClN4O4/c1-4-28(2,3)19-8-9-24-23(14-19)33(26(34)18-36-24)16-25-30-22(17-37-25)27(35)32-12-10-31(11-13-32)21-7-5-6-20(29)15-21/h5-9,14-15,17H,4,10-13,16,18H2,1-3H3. The van der Waals surface area contributed by atoms with Crippen molar-refractivity contribution in [1.29, 1.82) is 0 Å². The van der Waals surface area contributed by atoms with Gasteiger partial charge in [0.2, 0.25) is 5.89 Å². The van der Waals surface area contributed by atoms with Crippen LogP contribution in [0, 0.1) is 0 Å². The van der Waals surface area contributed by atoms with E-state index in [1.165, 1.54) is 6.26 Å². The van der Waals surface area contributed by atoms with Crippen LogP contribution in [0.25, 0.3) is 0 Å². The third-order valence-electron chi connectivity index (χ3n) is 7.37. The number of fused-ring (bicyclic) bond motifs is 1. The molecule has 1 fully saturated rings. The molecule has 0 bridgehead atoms. The predicted molar refractivity (Wildman–Crippen MR) is 143 cm³/mol. The zero-order chi connectivity index (χ0) is 26.2. The fraction of sp³-hybridized carbons (Fsp3) is 0.393. The summed E-state index contributed by atoms with van der Waals surface area (Å²) in [6, 6.07) is 13.7. The van der Waals surface area contributed by atoms with E-state index in [-0.39, 0.29) is 36.1 Å². The van der Waals surface area contributed by atoms with Gasteiger partial charge in [0.05, 0.1) is 5.69 Å². The number of rotatable bonds is 6. The lowest BCUT2D eigenvalue weighted by molar-refractivity contribution is -0.121. The molecular weight excluding hydrogens is 492 g/mol. The highest BCUT2D eigenvalue weighted by Gasteiger charge is 2.30. The summed E-state index contributed by atoms with van der Waals surface area (Å²) in [6.07, 6.45) is 2.34. The Hall–Kier alpha value is -3.52. The zero-order valence-electron chi connectivity index (χ0n) is 21.4. The SMILES string of the molecule is CCC(C)(C)c1ccc2c(c1)N(Cc1nc(C(=O)N3CCN(c4cccc(Cl)c4)CC3)co1)C(=O)CO2. The first-order valence-electron chi connectivity index (χ1n) is 12.6. The monoisotopic (exact) mass is 522 g/mol. The van der Waals surface area contributed by atoms with Crippen LogP contribution in [0.4, 0.5) is 11.4 Å². The number of aromatic nitrogens is 1. The maximum atomic E-state index is 13.1. The van der Waals surface area contributed by atoms with E-state index < -0.39 is 0 Å². The molecule has 2 amide bonds. The number of oxazole rings is 1. The third-order valence-corrected chi connectivity index (χ3v) is 7.61. The van der Waals surface area contributed by atoms with Crippen LogP contribution >= 0.6 is 11.6 Å². The molecule has 5 rings (SSSR count). The number of anilines is 2. The van der Waals surface area contributed by atoms with Gasteiger partial charge >= 0.3 is 0 Å². The Balaban J connectivity index is 1.27. The summed E-state index contributed by atoms with van der Waals surface area (Å²) in [5.74, 6) is 0.599. The molecule has 0 atom stereocenters. The number of hydrogen-bond acceptors (Lipinski definition) is 6. The van der Waals surface area contributed by atoms with E-state index in [2.05, 4.69) is 30.7 Å². The molecule has 2 aliphatic rings. The highest BCUT2D eigenvalue weighted by molar-refractivity contribution is 6.30. The minimum Gasteiger partial charge on any atom is -0.482 e. The van der Waals surface area contributed by atoms with Gasteiger partial charge in [0.25, 0.3) is 11.8 Å². The fourth-order valence-corrected chi connectivity index (χ4v) is 4.80. The van der Waals surface area contributed by atoms with Gasteiger partial charge in [-0.15, -0.1) is 0 Å². The van der Waals surface area contributed by atoms with Crippen LogP contribution in [-0.4, -0.2) is 54.5 Å². The van der Waals surface area contributed by atoms with Gasteiger partial charge < -0.3 is 19.0 Å². The minimum atomic E-state index is -0.179. The van der Waals surface area contributed by atoms with Gasteiger partial charge in [-0.2, -0.15) is 0 Å². The van der Waals surface area contributed by atoms with Crippen LogP contribution in [0.2, 0.25) is 5.02 Å². The molecule has 37 heavy (non-hydrogen) atoms. The first-order chi connectivity index (χ1) is 17.7. The van der Waals surface area contributed by atoms with Gasteiger partial charge in [-0.25, -0.2) is 4.98 Å². The number of halogens is 1. The quantitative estimate of drug-likeness (QED) is 0.458. The number of nitrogens with zero attached hydrogens (tertiary/aromatic N) is 4. The number of ether oxygens (including phenoxy) is 1. The lowest BCUT2D eigenvalue weighted by atomic mass is 9.82. The molecule has 0 aliphatic carbocycles. The summed E-state index contributed by atoms with van der Waals surface area (Å²) in [5.41, 5.74) is 3.06. The van der Waals surface area contributed by atoms with Crippen molar-refractivity contribution in [2.24, 2.45) is 0 Å². The number of hydrogen-bond donors (Lipinski definition) is 0. The summed E-state index contributed by atoms with van der Waals surface area (Å²) < 4.78 is 11.3. The Morgan fingerprint density at radius 3 is 2.62 bits per heavy atom. The summed E-state index contributed by atoms with van der Waals surface area (Å²) >= 11 is 6.13. The van der Waals surface area contributed by atoms with Crippen molar-refractivity contribution in [3.63, 3.8) is 0 Å². The van der Waals surface area contributed by atoms with E-state index in [9.17, 15) is 9.59 Å². The van der Waals surface area contributed by atoms with Crippen molar-refractivity contribution in [3.8, 4) is 5.75 Å². The van der Waals surface area contributed by atoms with E-state index in [1.807, 2.05) is 42.5 Å². The van der Waals surface area contributed by atoms with Crippen molar-refractivity contribution in [2.75, 3.05) is 42.6 Å². The van der Waals surface area contributed by atoms with Crippen LogP contribution in [-0.2, 0) is 16.8 Å². The highest BCUT2D eigenvalue weighted by atomic mass is 35.5. The normalized spacial score (nSPS) is 16.0. The van der Waals surface area contributed by atoms with Crippen molar-refractivity contribution < 1.29 is 18.7 Å². The minimum absolute atomic E-state index is 0.0412. The smallest absolute Gasteiger partial charge is 0.275 e. The van der Waals surface area contributed by atoms with Gasteiger partial charge in [-0.1, -0.05) is 44.5 Å². The second-order valence-corrected chi connectivity index (χ2v) is 10.5. The summed E-state index contributed by atoms with van der Waals surface area (Å²) in [7, 11) is 0. The first kappa shape index (κ1) is 25.1. The van der Waals surface area contributed by atoms with Crippen LogP contribution in [0.1, 0.15) is 49.1 Å². The van der Waals surface area contributed by atoms with Gasteiger partial charge in [-0.3, -0.25) is 14.5 Å². The molecule has 1 aromatic heterocycles. The first-order valence-corrected chi connectivity index (χ1v) is 12.9. The average molecular weight is 523 g/mol. The Kier molecular flexibility index (Phi) is 6.86. The molecule has 3 heterocycles. The topological polar surface area (TPSA) is 79.1 Å². The van der Waals surface area contributed by atoms with Gasteiger partial charge in [0, 0.05) is 36.9 Å². The molecule has 194 valence electrons. The second kappa shape index (κ2) is 10.1. The number of carbonyl (C=O) groups is 2.